The van der Waals surface area contributed by atoms with Crippen LogP contribution in [0.15, 0.2) is 30.5 Å². The lowest BCUT2D eigenvalue weighted by Gasteiger charge is -2.41. The molecule has 1 aliphatic carbocycles. The van der Waals surface area contributed by atoms with Gasteiger partial charge in [-0.05, 0) is 37.1 Å². The minimum Gasteiger partial charge on any atom is -0.375 e. The number of aromatic nitrogens is 1. The van der Waals surface area contributed by atoms with Crippen molar-refractivity contribution >= 4 is 28.6 Å². The Morgan fingerprint density at radius 1 is 1.13 bits per heavy atom. The molecule has 4 rings (SSSR count). The molecule has 2 atom stereocenters. The predicted octanol–water partition coefficient (Wildman–Crippen LogP) is 1.77. The van der Waals surface area contributed by atoms with Gasteiger partial charge in [-0.1, -0.05) is 12.8 Å². The number of methoxy groups -OCH3 is 1. The molecule has 1 saturated heterocycles. The summed E-state index contributed by atoms with van der Waals surface area (Å²) in [5.74, 6) is -0.457. The molecule has 0 unspecified atom stereocenters. The zero-order valence-corrected chi connectivity index (χ0v) is 17.9. The maximum Gasteiger partial charge on any atom is 0.253 e. The second-order valence-electron chi connectivity index (χ2n) is 8.34. The predicted molar refractivity (Wildman–Crippen MR) is 117 cm³/mol. The number of ether oxygens (including phenoxy) is 1. The monoisotopic (exact) mass is 426 g/mol. The Kier molecular flexibility index (Phi) is 6.56. The quantitative estimate of drug-likeness (QED) is 0.782. The highest BCUT2D eigenvalue weighted by atomic mass is 16.5. The van der Waals surface area contributed by atoms with E-state index in [1.54, 1.807) is 9.80 Å². The minimum absolute atomic E-state index is 0.0249. The van der Waals surface area contributed by atoms with Crippen LogP contribution in [0.3, 0.4) is 0 Å². The third-order valence-electron chi connectivity index (χ3n) is 6.43. The van der Waals surface area contributed by atoms with E-state index < -0.39 is 0 Å². The van der Waals surface area contributed by atoms with Gasteiger partial charge in [0, 0.05) is 62.0 Å². The summed E-state index contributed by atoms with van der Waals surface area (Å²) in [5, 5.41) is 3.97. The maximum absolute atomic E-state index is 13.3. The van der Waals surface area contributed by atoms with Gasteiger partial charge in [0.05, 0.1) is 5.92 Å². The van der Waals surface area contributed by atoms with E-state index in [2.05, 4.69) is 10.3 Å². The molecular formula is C23H30N4O4. The fraction of sp³-hybridized carbons (Fsp3) is 0.522. The number of aromatic amines is 1. The second kappa shape index (κ2) is 9.51. The number of amides is 3. The largest absolute Gasteiger partial charge is 0.375 e. The number of fused-ring (bicyclic) bond motifs is 2. The Balaban J connectivity index is 1.57. The molecule has 31 heavy (non-hydrogen) atoms. The van der Waals surface area contributed by atoms with Crippen LogP contribution >= 0.6 is 0 Å². The molecule has 166 valence electrons. The number of H-pyrrole nitrogens is 1. The molecule has 1 aromatic carbocycles. The normalized spacial score (nSPS) is 22.7. The Bertz CT molecular complexity index is 956. The van der Waals surface area contributed by atoms with Crippen LogP contribution in [0.4, 0.5) is 0 Å². The van der Waals surface area contributed by atoms with Gasteiger partial charge in [-0.3, -0.25) is 14.4 Å². The fourth-order valence-electron chi connectivity index (χ4n) is 4.83. The standard InChI is InChI=1S/C23H30N4O4/c1-31-15-21(28)27-13-12-26(11-10-25-22(29)18-4-2-3-5-20(18)27)23(30)17-6-7-19-16(14-17)8-9-24-19/h6-9,14,18,20,24H,2-5,10-13,15H2,1H3,(H,25,29)/t18-,20+/m0/s1. The number of hydrogen-bond acceptors (Lipinski definition) is 4. The summed E-state index contributed by atoms with van der Waals surface area (Å²) >= 11 is 0. The molecule has 2 N–H and O–H groups in total. The third kappa shape index (κ3) is 4.58. The molecule has 0 radical (unpaired) electrons. The number of benzene rings is 1. The van der Waals surface area contributed by atoms with Gasteiger partial charge in [0.15, 0.2) is 0 Å². The molecule has 2 fully saturated rings. The molecule has 0 bridgehead atoms. The summed E-state index contributed by atoms with van der Waals surface area (Å²) < 4.78 is 5.09. The first kappa shape index (κ1) is 21.4. The molecule has 1 saturated carbocycles. The van der Waals surface area contributed by atoms with Crippen LogP contribution in [0, 0.1) is 5.92 Å². The molecule has 1 aromatic heterocycles. The molecule has 8 nitrogen and oxygen atoms in total. The summed E-state index contributed by atoms with van der Waals surface area (Å²) in [7, 11) is 1.50. The van der Waals surface area contributed by atoms with Crippen LogP contribution in [-0.2, 0) is 14.3 Å². The van der Waals surface area contributed by atoms with Crippen molar-refractivity contribution in [2.24, 2.45) is 5.92 Å². The van der Waals surface area contributed by atoms with E-state index in [1.165, 1.54) is 7.11 Å². The molecule has 2 aliphatic rings. The summed E-state index contributed by atoms with van der Waals surface area (Å²) in [6, 6.07) is 7.36. The van der Waals surface area contributed by atoms with E-state index in [4.69, 9.17) is 4.74 Å². The smallest absolute Gasteiger partial charge is 0.253 e. The number of carbonyl (C=O) groups excluding carboxylic acids is 3. The molecule has 3 amide bonds. The molecule has 2 heterocycles. The van der Waals surface area contributed by atoms with Gasteiger partial charge >= 0.3 is 0 Å². The summed E-state index contributed by atoms with van der Waals surface area (Å²) in [6.45, 7) is 1.60. The maximum atomic E-state index is 13.3. The zero-order chi connectivity index (χ0) is 21.8. The number of nitrogens with zero attached hydrogens (tertiary/aromatic N) is 2. The number of hydrogen-bond donors (Lipinski definition) is 2. The Morgan fingerprint density at radius 2 is 1.97 bits per heavy atom. The van der Waals surface area contributed by atoms with E-state index in [1.807, 2.05) is 30.5 Å². The first-order valence-corrected chi connectivity index (χ1v) is 11.0. The number of nitrogens with one attached hydrogen (secondary N) is 2. The highest BCUT2D eigenvalue weighted by Crippen LogP contribution is 2.29. The lowest BCUT2D eigenvalue weighted by molar-refractivity contribution is -0.142. The molecule has 1 aliphatic heterocycles. The average molecular weight is 427 g/mol. The van der Waals surface area contributed by atoms with E-state index in [0.717, 1.165) is 36.6 Å². The van der Waals surface area contributed by atoms with Crippen molar-refractivity contribution in [3.8, 4) is 0 Å². The van der Waals surface area contributed by atoms with Crippen LogP contribution in [0.2, 0.25) is 0 Å². The van der Waals surface area contributed by atoms with Crippen molar-refractivity contribution in [1.82, 2.24) is 20.1 Å². The fourth-order valence-corrected chi connectivity index (χ4v) is 4.83. The lowest BCUT2D eigenvalue weighted by atomic mass is 9.82. The second-order valence-corrected chi connectivity index (χ2v) is 8.34. The van der Waals surface area contributed by atoms with Crippen LogP contribution in [0.1, 0.15) is 36.0 Å². The van der Waals surface area contributed by atoms with Crippen LogP contribution < -0.4 is 5.32 Å². The van der Waals surface area contributed by atoms with E-state index >= 15 is 0 Å². The summed E-state index contributed by atoms with van der Waals surface area (Å²) in [6.07, 6.45) is 5.41. The molecule has 2 aromatic rings. The highest BCUT2D eigenvalue weighted by Gasteiger charge is 2.37. The van der Waals surface area contributed by atoms with Gasteiger partial charge in [-0.25, -0.2) is 0 Å². The van der Waals surface area contributed by atoms with E-state index in [0.29, 0.717) is 31.7 Å². The number of rotatable bonds is 3. The van der Waals surface area contributed by atoms with Gasteiger partial charge in [-0.15, -0.1) is 0 Å². The van der Waals surface area contributed by atoms with Crippen molar-refractivity contribution in [1.29, 1.82) is 0 Å². The average Bonchev–Trinajstić information content (AvgIpc) is 3.25. The summed E-state index contributed by atoms with van der Waals surface area (Å²) in [4.78, 5) is 45.6. The van der Waals surface area contributed by atoms with Crippen molar-refractivity contribution in [2.75, 3.05) is 39.9 Å². The highest BCUT2D eigenvalue weighted by molar-refractivity contribution is 5.98. The molecular weight excluding hydrogens is 396 g/mol. The number of carbonyl (C=O) groups is 3. The van der Waals surface area contributed by atoms with Gasteiger partial charge < -0.3 is 24.8 Å². The van der Waals surface area contributed by atoms with Crippen molar-refractivity contribution in [3.63, 3.8) is 0 Å². The van der Waals surface area contributed by atoms with Crippen molar-refractivity contribution in [3.05, 3.63) is 36.0 Å². The van der Waals surface area contributed by atoms with Gasteiger partial charge in [0.25, 0.3) is 5.91 Å². The first-order chi connectivity index (χ1) is 15.1. The topological polar surface area (TPSA) is 94.7 Å². The first-order valence-electron chi connectivity index (χ1n) is 11.0. The van der Waals surface area contributed by atoms with E-state index in [9.17, 15) is 14.4 Å². The Morgan fingerprint density at radius 3 is 2.81 bits per heavy atom. The minimum atomic E-state index is -0.201. The third-order valence-corrected chi connectivity index (χ3v) is 6.43. The van der Waals surface area contributed by atoms with Crippen LogP contribution in [-0.4, -0.2) is 78.4 Å². The van der Waals surface area contributed by atoms with Crippen molar-refractivity contribution in [2.45, 2.75) is 31.7 Å². The zero-order valence-electron chi connectivity index (χ0n) is 17.9. The van der Waals surface area contributed by atoms with Gasteiger partial charge in [0.2, 0.25) is 11.8 Å². The van der Waals surface area contributed by atoms with E-state index in [-0.39, 0.29) is 36.3 Å². The molecule has 8 heteroatoms. The van der Waals surface area contributed by atoms with Crippen LogP contribution in [0.5, 0.6) is 0 Å². The van der Waals surface area contributed by atoms with Gasteiger partial charge in [0.1, 0.15) is 6.61 Å². The Labute approximate surface area is 181 Å². The summed E-state index contributed by atoms with van der Waals surface area (Å²) in [5.41, 5.74) is 1.57. The van der Waals surface area contributed by atoms with Crippen molar-refractivity contribution < 1.29 is 19.1 Å². The lowest BCUT2D eigenvalue weighted by Crippen LogP contribution is -2.56. The SMILES string of the molecule is COCC(=O)N1CCN(C(=O)c2ccc3[nH]ccc3c2)CCNC(=O)[C@H]2CCCC[C@H]21. The van der Waals surface area contributed by atoms with Gasteiger partial charge in [-0.2, -0.15) is 0 Å². The Hall–Kier alpha value is -2.87. The van der Waals surface area contributed by atoms with Crippen LogP contribution in [0.25, 0.3) is 10.9 Å². The molecule has 0 spiro atoms.